The SMILES string of the molecule is CCC(C)N1C(=O)C(CCc2ccccc2)NC1C. The van der Waals surface area contributed by atoms with E-state index in [4.69, 9.17) is 0 Å². The molecule has 3 heteroatoms. The fourth-order valence-electron chi connectivity index (χ4n) is 2.77. The van der Waals surface area contributed by atoms with Crippen molar-refractivity contribution in [2.45, 2.75) is 58.3 Å². The van der Waals surface area contributed by atoms with E-state index in [1.165, 1.54) is 5.56 Å². The summed E-state index contributed by atoms with van der Waals surface area (Å²) in [4.78, 5) is 14.4. The third kappa shape index (κ3) is 3.16. The van der Waals surface area contributed by atoms with E-state index in [1.54, 1.807) is 0 Å². The van der Waals surface area contributed by atoms with E-state index >= 15 is 0 Å². The lowest BCUT2D eigenvalue weighted by molar-refractivity contribution is -0.131. The predicted molar refractivity (Wildman–Crippen MR) is 77.7 cm³/mol. The summed E-state index contributed by atoms with van der Waals surface area (Å²) in [5, 5.41) is 3.42. The second kappa shape index (κ2) is 6.20. The van der Waals surface area contributed by atoms with Crippen LogP contribution in [0.15, 0.2) is 30.3 Å². The standard InChI is InChI=1S/C16H24N2O/c1-4-12(2)18-13(3)17-15(16(18)19)11-10-14-8-6-5-7-9-14/h5-9,12-13,15,17H,4,10-11H2,1-3H3. The lowest BCUT2D eigenvalue weighted by Gasteiger charge is -2.27. The van der Waals surface area contributed by atoms with Crippen LogP contribution in [0.3, 0.4) is 0 Å². The molecule has 0 aliphatic carbocycles. The van der Waals surface area contributed by atoms with Crippen molar-refractivity contribution in [3.8, 4) is 0 Å². The van der Waals surface area contributed by atoms with E-state index in [9.17, 15) is 4.79 Å². The third-order valence-electron chi connectivity index (χ3n) is 4.04. The molecule has 1 saturated heterocycles. The topological polar surface area (TPSA) is 32.3 Å². The molecular formula is C16H24N2O. The smallest absolute Gasteiger partial charge is 0.241 e. The molecule has 3 unspecified atom stereocenters. The van der Waals surface area contributed by atoms with Crippen LogP contribution in [-0.4, -0.2) is 29.1 Å². The monoisotopic (exact) mass is 260 g/mol. The Bertz CT molecular complexity index is 418. The molecule has 104 valence electrons. The van der Waals surface area contributed by atoms with Gasteiger partial charge in [-0.25, -0.2) is 0 Å². The molecule has 2 rings (SSSR count). The zero-order chi connectivity index (χ0) is 13.8. The molecule has 19 heavy (non-hydrogen) atoms. The van der Waals surface area contributed by atoms with Crippen molar-refractivity contribution in [1.82, 2.24) is 10.2 Å². The number of rotatable bonds is 5. The molecule has 1 fully saturated rings. The van der Waals surface area contributed by atoms with Crippen molar-refractivity contribution in [2.24, 2.45) is 0 Å². The molecule has 1 N–H and O–H groups in total. The maximum absolute atomic E-state index is 12.4. The lowest BCUT2D eigenvalue weighted by Crippen LogP contribution is -2.41. The van der Waals surface area contributed by atoms with E-state index in [0.717, 1.165) is 19.3 Å². The molecule has 3 atom stereocenters. The molecule has 1 heterocycles. The molecule has 1 aliphatic heterocycles. The molecule has 0 radical (unpaired) electrons. The van der Waals surface area contributed by atoms with Gasteiger partial charge in [-0.3, -0.25) is 10.1 Å². The van der Waals surface area contributed by atoms with E-state index < -0.39 is 0 Å². The van der Waals surface area contributed by atoms with Crippen LogP contribution in [0.2, 0.25) is 0 Å². The van der Waals surface area contributed by atoms with Gasteiger partial charge in [0, 0.05) is 6.04 Å². The summed E-state index contributed by atoms with van der Waals surface area (Å²) in [7, 11) is 0. The molecule has 1 aliphatic rings. The highest BCUT2D eigenvalue weighted by Gasteiger charge is 2.37. The average Bonchev–Trinajstić information content (AvgIpc) is 2.71. The average molecular weight is 260 g/mol. The van der Waals surface area contributed by atoms with Crippen molar-refractivity contribution >= 4 is 5.91 Å². The van der Waals surface area contributed by atoms with Gasteiger partial charge in [0.15, 0.2) is 0 Å². The van der Waals surface area contributed by atoms with E-state index in [1.807, 2.05) is 23.1 Å². The zero-order valence-electron chi connectivity index (χ0n) is 12.1. The summed E-state index contributed by atoms with van der Waals surface area (Å²) < 4.78 is 0. The molecule has 0 saturated carbocycles. The fraction of sp³-hybridized carbons (Fsp3) is 0.562. The van der Waals surface area contributed by atoms with Gasteiger partial charge in [0.05, 0.1) is 12.2 Å². The summed E-state index contributed by atoms with van der Waals surface area (Å²) in [6.45, 7) is 6.32. The summed E-state index contributed by atoms with van der Waals surface area (Å²) in [6.07, 6.45) is 2.98. The number of carbonyl (C=O) groups excluding carboxylic acids is 1. The van der Waals surface area contributed by atoms with E-state index in [2.05, 4.69) is 38.2 Å². The first-order valence-corrected chi connectivity index (χ1v) is 7.25. The maximum Gasteiger partial charge on any atom is 0.241 e. The summed E-state index contributed by atoms with van der Waals surface area (Å²) in [6, 6.07) is 10.7. The molecule has 0 spiro atoms. The summed E-state index contributed by atoms with van der Waals surface area (Å²) in [5.41, 5.74) is 1.30. The minimum atomic E-state index is -0.0239. The van der Waals surface area contributed by atoms with Gasteiger partial charge < -0.3 is 4.90 Å². The van der Waals surface area contributed by atoms with E-state index in [-0.39, 0.29) is 18.1 Å². The van der Waals surface area contributed by atoms with Crippen LogP contribution in [0.4, 0.5) is 0 Å². The van der Waals surface area contributed by atoms with E-state index in [0.29, 0.717) is 6.04 Å². The Morgan fingerprint density at radius 3 is 2.63 bits per heavy atom. The van der Waals surface area contributed by atoms with Gasteiger partial charge in [-0.1, -0.05) is 37.3 Å². The number of nitrogens with one attached hydrogen (secondary N) is 1. The Balaban J connectivity index is 1.94. The molecule has 3 nitrogen and oxygen atoms in total. The quantitative estimate of drug-likeness (QED) is 0.882. The zero-order valence-corrected chi connectivity index (χ0v) is 12.1. The van der Waals surface area contributed by atoms with Crippen LogP contribution in [0, 0.1) is 0 Å². The number of benzene rings is 1. The van der Waals surface area contributed by atoms with Gasteiger partial charge in [0.1, 0.15) is 0 Å². The van der Waals surface area contributed by atoms with Crippen LogP contribution in [-0.2, 0) is 11.2 Å². The van der Waals surface area contributed by atoms with Gasteiger partial charge in [0.2, 0.25) is 5.91 Å². The number of amides is 1. The fourth-order valence-corrected chi connectivity index (χ4v) is 2.77. The van der Waals surface area contributed by atoms with Crippen LogP contribution < -0.4 is 5.32 Å². The number of aryl methyl sites for hydroxylation is 1. The van der Waals surface area contributed by atoms with Crippen LogP contribution in [0.25, 0.3) is 0 Å². The highest BCUT2D eigenvalue weighted by molar-refractivity contribution is 5.84. The molecule has 1 amide bonds. The second-order valence-corrected chi connectivity index (χ2v) is 5.42. The Morgan fingerprint density at radius 2 is 2.00 bits per heavy atom. The van der Waals surface area contributed by atoms with Gasteiger partial charge in [-0.2, -0.15) is 0 Å². The van der Waals surface area contributed by atoms with Crippen molar-refractivity contribution in [3.05, 3.63) is 35.9 Å². The van der Waals surface area contributed by atoms with Gasteiger partial charge in [-0.15, -0.1) is 0 Å². The lowest BCUT2D eigenvalue weighted by atomic mass is 10.1. The molecule has 0 bridgehead atoms. The van der Waals surface area contributed by atoms with Crippen molar-refractivity contribution in [1.29, 1.82) is 0 Å². The number of hydrogen-bond acceptors (Lipinski definition) is 2. The highest BCUT2D eigenvalue weighted by atomic mass is 16.2. The van der Waals surface area contributed by atoms with Crippen molar-refractivity contribution in [2.75, 3.05) is 0 Å². The first kappa shape index (κ1) is 14.1. The Morgan fingerprint density at radius 1 is 1.32 bits per heavy atom. The van der Waals surface area contributed by atoms with Crippen LogP contribution >= 0.6 is 0 Å². The first-order valence-electron chi connectivity index (χ1n) is 7.25. The number of hydrogen-bond donors (Lipinski definition) is 1. The van der Waals surface area contributed by atoms with Crippen molar-refractivity contribution in [3.63, 3.8) is 0 Å². The molecule has 1 aromatic rings. The minimum absolute atomic E-state index is 0.0239. The van der Waals surface area contributed by atoms with Crippen molar-refractivity contribution < 1.29 is 4.79 Å². The number of nitrogens with zero attached hydrogens (tertiary/aromatic N) is 1. The molecular weight excluding hydrogens is 236 g/mol. The molecule has 1 aromatic carbocycles. The minimum Gasteiger partial charge on any atom is -0.323 e. The Hall–Kier alpha value is -1.35. The largest absolute Gasteiger partial charge is 0.323 e. The molecule has 0 aromatic heterocycles. The first-order chi connectivity index (χ1) is 9.13. The van der Waals surface area contributed by atoms with Crippen LogP contribution in [0.1, 0.15) is 39.2 Å². The Kier molecular flexibility index (Phi) is 4.59. The van der Waals surface area contributed by atoms with Crippen LogP contribution in [0.5, 0.6) is 0 Å². The van der Waals surface area contributed by atoms with Gasteiger partial charge in [-0.05, 0) is 38.7 Å². The van der Waals surface area contributed by atoms with Gasteiger partial charge in [0.25, 0.3) is 0 Å². The summed E-state index contributed by atoms with van der Waals surface area (Å²) in [5.74, 6) is 0.262. The predicted octanol–water partition coefficient (Wildman–Crippen LogP) is 2.56. The number of carbonyl (C=O) groups is 1. The third-order valence-corrected chi connectivity index (χ3v) is 4.04. The van der Waals surface area contributed by atoms with Gasteiger partial charge >= 0.3 is 0 Å². The normalized spacial score (nSPS) is 24.8. The summed E-state index contributed by atoms with van der Waals surface area (Å²) >= 11 is 0. The Labute approximate surface area is 116 Å². The second-order valence-electron chi connectivity index (χ2n) is 5.42. The highest BCUT2D eigenvalue weighted by Crippen LogP contribution is 2.19. The maximum atomic E-state index is 12.4.